The van der Waals surface area contributed by atoms with Crippen LogP contribution in [0, 0.1) is 6.92 Å². The highest BCUT2D eigenvalue weighted by Crippen LogP contribution is 2.28. The molecule has 1 amide bonds. The van der Waals surface area contributed by atoms with E-state index < -0.39 is 11.9 Å². The SMILES string of the molecule is Cc1cc(C(=O)O)c(NC(=O)c2ccco2)s1. The number of aryl methyl sites for hydroxylation is 1. The van der Waals surface area contributed by atoms with Crippen LogP contribution in [0.3, 0.4) is 0 Å². The van der Waals surface area contributed by atoms with Crippen molar-refractivity contribution in [3.8, 4) is 0 Å². The molecule has 0 atom stereocenters. The van der Waals surface area contributed by atoms with Crippen LogP contribution in [0.25, 0.3) is 0 Å². The monoisotopic (exact) mass is 251 g/mol. The summed E-state index contributed by atoms with van der Waals surface area (Å²) in [7, 11) is 0. The Morgan fingerprint density at radius 3 is 2.82 bits per heavy atom. The van der Waals surface area contributed by atoms with Gasteiger partial charge in [0.1, 0.15) is 5.00 Å². The smallest absolute Gasteiger partial charge is 0.338 e. The summed E-state index contributed by atoms with van der Waals surface area (Å²) >= 11 is 1.21. The summed E-state index contributed by atoms with van der Waals surface area (Å²) < 4.78 is 4.92. The van der Waals surface area contributed by atoms with Crippen LogP contribution in [0.15, 0.2) is 28.9 Å². The molecule has 2 N–H and O–H groups in total. The Morgan fingerprint density at radius 1 is 1.47 bits per heavy atom. The second-order valence-corrected chi connectivity index (χ2v) is 4.59. The molecule has 2 rings (SSSR count). The second kappa shape index (κ2) is 4.42. The number of carbonyl (C=O) groups excluding carboxylic acids is 1. The lowest BCUT2D eigenvalue weighted by Crippen LogP contribution is -2.12. The zero-order valence-corrected chi connectivity index (χ0v) is 9.71. The average molecular weight is 251 g/mol. The predicted octanol–water partition coefficient (Wildman–Crippen LogP) is 2.60. The molecular formula is C11H9NO4S. The van der Waals surface area contributed by atoms with Gasteiger partial charge in [0.05, 0.1) is 11.8 Å². The zero-order chi connectivity index (χ0) is 12.4. The third-order valence-electron chi connectivity index (χ3n) is 2.06. The summed E-state index contributed by atoms with van der Waals surface area (Å²) in [6.07, 6.45) is 1.38. The summed E-state index contributed by atoms with van der Waals surface area (Å²) in [6, 6.07) is 4.62. The fraction of sp³-hybridized carbons (Fsp3) is 0.0909. The van der Waals surface area contributed by atoms with E-state index in [4.69, 9.17) is 9.52 Å². The molecule has 0 spiro atoms. The van der Waals surface area contributed by atoms with E-state index in [1.807, 2.05) is 0 Å². The van der Waals surface area contributed by atoms with Gasteiger partial charge in [-0.1, -0.05) is 0 Å². The third-order valence-corrected chi connectivity index (χ3v) is 3.02. The molecule has 0 radical (unpaired) electrons. The first kappa shape index (κ1) is 11.4. The summed E-state index contributed by atoms with van der Waals surface area (Å²) in [6.45, 7) is 1.78. The van der Waals surface area contributed by atoms with Gasteiger partial charge in [0, 0.05) is 4.88 Å². The Morgan fingerprint density at radius 2 is 2.24 bits per heavy atom. The van der Waals surface area contributed by atoms with Gasteiger partial charge in [-0.2, -0.15) is 0 Å². The van der Waals surface area contributed by atoms with Crippen molar-refractivity contribution in [1.82, 2.24) is 0 Å². The Balaban J connectivity index is 2.24. The lowest BCUT2D eigenvalue weighted by atomic mass is 10.3. The first-order chi connectivity index (χ1) is 8.08. The lowest BCUT2D eigenvalue weighted by Gasteiger charge is -2.01. The van der Waals surface area contributed by atoms with E-state index >= 15 is 0 Å². The molecule has 0 unspecified atom stereocenters. The molecule has 2 aromatic rings. The van der Waals surface area contributed by atoms with Gasteiger partial charge in [0.25, 0.3) is 5.91 Å². The Kier molecular flexibility index (Phi) is 2.97. The number of thiophene rings is 1. The topological polar surface area (TPSA) is 79.5 Å². The number of furan rings is 1. The number of hydrogen-bond acceptors (Lipinski definition) is 4. The number of rotatable bonds is 3. The van der Waals surface area contributed by atoms with Crippen molar-refractivity contribution in [1.29, 1.82) is 0 Å². The summed E-state index contributed by atoms with van der Waals surface area (Å²) in [5.41, 5.74) is 0.0902. The van der Waals surface area contributed by atoms with Crippen molar-refractivity contribution in [2.24, 2.45) is 0 Å². The van der Waals surface area contributed by atoms with E-state index in [9.17, 15) is 9.59 Å². The van der Waals surface area contributed by atoms with Gasteiger partial charge in [-0.05, 0) is 25.1 Å². The van der Waals surface area contributed by atoms with E-state index in [0.29, 0.717) is 5.00 Å². The van der Waals surface area contributed by atoms with E-state index in [2.05, 4.69) is 5.32 Å². The fourth-order valence-electron chi connectivity index (χ4n) is 1.34. The minimum absolute atomic E-state index is 0.0902. The van der Waals surface area contributed by atoms with Crippen molar-refractivity contribution >= 4 is 28.2 Å². The van der Waals surface area contributed by atoms with Gasteiger partial charge in [-0.3, -0.25) is 4.79 Å². The van der Waals surface area contributed by atoms with Crippen molar-refractivity contribution < 1.29 is 19.1 Å². The zero-order valence-electron chi connectivity index (χ0n) is 8.89. The van der Waals surface area contributed by atoms with Crippen molar-refractivity contribution in [2.75, 3.05) is 5.32 Å². The number of carboxylic acid groups (broad SMARTS) is 1. The Bertz CT molecular complexity index is 556. The normalized spacial score (nSPS) is 10.2. The van der Waals surface area contributed by atoms with E-state index in [1.165, 1.54) is 29.7 Å². The maximum absolute atomic E-state index is 11.7. The number of carbonyl (C=O) groups is 2. The summed E-state index contributed by atoms with van der Waals surface area (Å²) in [4.78, 5) is 23.4. The van der Waals surface area contributed by atoms with Gasteiger partial charge in [-0.15, -0.1) is 11.3 Å². The van der Waals surface area contributed by atoms with Gasteiger partial charge in [-0.25, -0.2) is 4.79 Å². The molecule has 0 saturated carbocycles. The average Bonchev–Trinajstić information content (AvgIpc) is 2.86. The van der Waals surface area contributed by atoms with Crippen LogP contribution in [0.4, 0.5) is 5.00 Å². The van der Waals surface area contributed by atoms with Crippen molar-refractivity contribution in [2.45, 2.75) is 6.92 Å². The first-order valence-corrected chi connectivity index (χ1v) is 5.58. The standard InChI is InChI=1S/C11H9NO4S/c1-6-5-7(11(14)15)10(17-6)12-9(13)8-3-2-4-16-8/h2-5H,1H3,(H,12,13)(H,14,15). The van der Waals surface area contributed by atoms with Crippen LogP contribution < -0.4 is 5.32 Å². The van der Waals surface area contributed by atoms with Crippen LogP contribution in [-0.2, 0) is 0 Å². The number of aromatic carboxylic acids is 1. The molecule has 0 aliphatic heterocycles. The van der Waals surface area contributed by atoms with Crippen LogP contribution >= 0.6 is 11.3 Å². The predicted molar refractivity (Wildman–Crippen MR) is 62.7 cm³/mol. The number of amides is 1. The number of hydrogen-bond donors (Lipinski definition) is 2. The quantitative estimate of drug-likeness (QED) is 0.878. The fourth-order valence-corrected chi connectivity index (χ4v) is 2.24. The molecule has 2 heterocycles. The highest BCUT2D eigenvalue weighted by molar-refractivity contribution is 7.16. The molecule has 6 heteroatoms. The summed E-state index contributed by atoms with van der Waals surface area (Å²) in [5, 5.41) is 11.8. The van der Waals surface area contributed by atoms with Crippen molar-refractivity contribution in [3.05, 3.63) is 40.7 Å². The molecule has 0 aliphatic carbocycles. The number of carboxylic acids is 1. The van der Waals surface area contributed by atoms with Gasteiger partial charge < -0.3 is 14.8 Å². The van der Waals surface area contributed by atoms with E-state index in [-0.39, 0.29) is 11.3 Å². The Hall–Kier alpha value is -2.08. The molecule has 0 bridgehead atoms. The molecule has 88 valence electrons. The van der Waals surface area contributed by atoms with Gasteiger partial charge >= 0.3 is 5.97 Å². The molecule has 2 aromatic heterocycles. The maximum atomic E-state index is 11.7. The third kappa shape index (κ3) is 2.36. The van der Waals surface area contributed by atoms with Crippen molar-refractivity contribution in [3.63, 3.8) is 0 Å². The molecular weight excluding hydrogens is 242 g/mol. The molecule has 0 fully saturated rings. The van der Waals surface area contributed by atoms with E-state index in [0.717, 1.165) is 4.88 Å². The van der Waals surface area contributed by atoms with Crippen LogP contribution in [0.5, 0.6) is 0 Å². The van der Waals surface area contributed by atoms with Crippen LogP contribution in [-0.4, -0.2) is 17.0 Å². The molecule has 0 aliphatic rings. The van der Waals surface area contributed by atoms with Gasteiger partial charge in [0.2, 0.25) is 0 Å². The summed E-state index contributed by atoms with van der Waals surface area (Å²) in [5.74, 6) is -1.38. The van der Waals surface area contributed by atoms with E-state index in [1.54, 1.807) is 13.0 Å². The highest BCUT2D eigenvalue weighted by atomic mass is 32.1. The molecule has 17 heavy (non-hydrogen) atoms. The minimum atomic E-state index is -1.07. The van der Waals surface area contributed by atoms with Gasteiger partial charge in [0.15, 0.2) is 5.76 Å². The lowest BCUT2D eigenvalue weighted by molar-refractivity contribution is 0.0698. The largest absolute Gasteiger partial charge is 0.478 e. The number of anilines is 1. The second-order valence-electron chi connectivity index (χ2n) is 3.34. The van der Waals surface area contributed by atoms with Crippen LogP contribution in [0.2, 0.25) is 0 Å². The Labute approximate surface area is 101 Å². The highest BCUT2D eigenvalue weighted by Gasteiger charge is 2.17. The van der Waals surface area contributed by atoms with Crippen LogP contribution in [0.1, 0.15) is 25.8 Å². The molecule has 5 nitrogen and oxygen atoms in total. The molecule has 0 aromatic carbocycles. The number of nitrogens with one attached hydrogen (secondary N) is 1. The minimum Gasteiger partial charge on any atom is -0.478 e. The maximum Gasteiger partial charge on any atom is 0.338 e. The first-order valence-electron chi connectivity index (χ1n) is 4.76. The molecule has 0 saturated heterocycles.